The van der Waals surface area contributed by atoms with E-state index in [0.717, 1.165) is 5.69 Å². The third-order valence-corrected chi connectivity index (χ3v) is 3.08. The van der Waals surface area contributed by atoms with Crippen molar-refractivity contribution in [1.82, 2.24) is 0 Å². The first-order chi connectivity index (χ1) is 10.6. The van der Waals surface area contributed by atoms with Crippen LogP contribution >= 0.6 is 0 Å². The lowest BCUT2D eigenvalue weighted by Gasteiger charge is -2.29. The normalized spacial score (nSPS) is 10.2. The highest BCUT2D eigenvalue weighted by atomic mass is 16.6. The predicted molar refractivity (Wildman–Crippen MR) is 83.1 cm³/mol. The molecule has 0 radical (unpaired) electrons. The Kier molecular flexibility index (Phi) is 7.22. The summed E-state index contributed by atoms with van der Waals surface area (Å²) in [6, 6.07) is 6.00. The van der Waals surface area contributed by atoms with Gasteiger partial charge in [0.2, 0.25) is 6.04 Å². The molecule has 0 spiro atoms. The molecule has 1 aromatic rings. The third kappa shape index (κ3) is 4.38. The zero-order valence-electron chi connectivity index (χ0n) is 13.5. The number of hydrogen-bond acceptors (Lipinski definition) is 6. The SMILES string of the molecule is CCOC(=O)C(C(=O)OCC)N(CC)c1ccc(OC)cc1. The molecule has 0 amide bonds. The summed E-state index contributed by atoms with van der Waals surface area (Å²) >= 11 is 0. The maximum Gasteiger partial charge on any atom is 0.340 e. The van der Waals surface area contributed by atoms with Gasteiger partial charge in [-0.2, -0.15) is 0 Å². The summed E-state index contributed by atoms with van der Waals surface area (Å²) in [6.45, 7) is 6.11. The van der Waals surface area contributed by atoms with Gasteiger partial charge in [-0.25, -0.2) is 9.59 Å². The Bertz CT molecular complexity index is 468. The van der Waals surface area contributed by atoms with Crippen LogP contribution in [0, 0.1) is 0 Å². The Labute approximate surface area is 131 Å². The van der Waals surface area contributed by atoms with Crippen LogP contribution in [0.2, 0.25) is 0 Å². The van der Waals surface area contributed by atoms with Crippen LogP contribution in [0.15, 0.2) is 24.3 Å². The number of anilines is 1. The van der Waals surface area contributed by atoms with Crippen molar-refractivity contribution >= 4 is 17.6 Å². The largest absolute Gasteiger partial charge is 0.497 e. The monoisotopic (exact) mass is 309 g/mol. The molecule has 6 nitrogen and oxygen atoms in total. The number of ether oxygens (including phenoxy) is 3. The number of methoxy groups -OCH3 is 1. The van der Waals surface area contributed by atoms with Gasteiger partial charge in [0.05, 0.1) is 20.3 Å². The first-order valence-electron chi connectivity index (χ1n) is 7.32. The summed E-state index contributed by atoms with van der Waals surface area (Å²) in [5, 5.41) is 0. The van der Waals surface area contributed by atoms with Crippen LogP contribution in [-0.4, -0.2) is 44.8 Å². The highest BCUT2D eigenvalue weighted by Gasteiger charge is 2.35. The van der Waals surface area contributed by atoms with Crippen molar-refractivity contribution in [3.05, 3.63) is 24.3 Å². The van der Waals surface area contributed by atoms with Crippen LogP contribution < -0.4 is 9.64 Å². The lowest BCUT2D eigenvalue weighted by molar-refractivity contribution is -0.156. The number of carbonyl (C=O) groups is 2. The van der Waals surface area contributed by atoms with E-state index in [9.17, 15) is 9.59 Å². The van der Waals surface area contributed by atoms with Gasteiger partial charge >= 0.3 is 11.9 Å². The Morgan fingerprint density at radius 2 is 1.50 bits per heavy atom. The first kappa shape index (κ1) is 17.8. The Hall–Kier alpha value is -2.24. The predicted octanol–water partition coefficient (Wildman–Crippen LogP) is 2.02. The lowest BCUT2D eigenvalue weighted by Crippen LogP contribution is -2.48. The molecule has 22 heavy (non-hydrogen) atoms. The van der Waals surface area contributed by atoms with Crippen LogP contribution in [0.5, 0.6) is 5.75 Å². The van der Waals surface area contributed by atoms with Crippen LogP contribution in [0.4, 0.5) is 5.69 Å². The molecule has 0 saturated carbocycles. The molecule has 0 heterocycles. The molecule has 0 aliphatic carbocycles. The first-order valence-corrected chi connectivity index (χ1v) is 7.32. The zero-order valence-corrected chi connectivity index (χ0v) is 13.5. The molecule has 122 valence electrons. The second-order valence-corrected chi connectivity index (χ2v) is 4.39. The molecule has 1 rings (SSSR count). The zero-order chi connectivity index (χ0) is 16.5. The lowest BCUT2D eigenvalue weighted by atomic mass is 10.2. The van der Waals surface area contributed by atoms with Crippen LogP contribution in [0.1, 0.15) is 20.8 Å². The Morgan fingerprint density at radius 1 is 1.00 bits per heavy atom. The van der Waals surface area contributed by atoms with Gasteiger partial charge in [-0.05, 0) is 45.0 Å². The van der Waals surface area contributed by atoms with E-state index in [4.69, 9.17) is 14.2 Å². The van der Waals surface area contributed by atoms with E-state index in [1.54, 1.807) is 50.1 Å². The number of carbonyl (C=O) groups excluding carboxylic acids is 2. The minimum absolute atomic E-state index is 0.203. The fourth-order valence-electron chi connectivity index (χ4n) is 2.08. The molecule has 0 aliphatic rings. The number of nitrogens with zero attached hydrogens (tertiary/aromatic N) is 1. The van der Waals surface area contributed by atoms with Gasteiger partial charge in [0.1, 0.15) is 5.75 Å². The van der Waals surface area contributed by atoms with Gasteiger partial charge in [0.15, 0.2) is 0 Å². The average molecular weight is 309 g/mol. The van der Waals surface area contributed by atoms with E-state index < -0.39 is 18.0 Å². The van der Waals surface area contributed by atoms with E-state index >= 15 is 0 Å². The van der Waals surface area contributed by atoms with Gasteiger partial charge in [0, 0.05) is 12.2 Å². The fourth-order valence-corrected chi connectivity index (χ4v) is 2.08. The van der Waals surface area contributed by atoms with Crippen LogP contribution in [-0.2, 0) is 19.1 Å². The maximum absolute atomic E-state index is 12.2. The number of benzene rings is 1. The molecule has 0 aliphatic heterocycles. The van der Waals surface area contributed by atoms with Crippen LogP contribution in [0.3, 0.4) is 0 Å². The third-order valence-electron chi connectivity index (χ3n) is 3.08. The van der Waals surface area contributed by atoms with E-state index in [2.05, 4.69) is 0 Å². The smallest absolute Gasteiger partial charge is 0.340 e. The van der Waals surface area contributed by atoms with Crippen molar-refractivity contribution in [2.24, 2.45) is 0 Å². The van der Waals surface area contributed by atoms with E-state index in [-0.39, 0.29) is 13.2 Å². The van der Waals surface area contributed by atoms with Crippen molar-refractivity contribution in [3.63, 3.8) is 0 Å². The maximum atomic E-state index is 12.2. The number of rotatable bonds is 8. The van der Waals surface area contributed by atoms with E-state index in [1.165, 1.54) is 0 Å². The Balaban J connectivity index is 3.10. The van der Waals surface area contributed by atoms with Crippen molar-refractivity contribution in [1.29, 1.82) is 0 Å². The molecule has 0 aromatic heterocycles. The fraction of sp³-hybridized carbons (Fsp3) is 0.500. The second-order valence-electron chi connectivity index (χ2n) is 4.39. The number of hydrogen-bond donors (Lipinski definition) is 0. The van der Waals surface area contributed by atoms with Gasteiger partial charge < -0.3 is 19.1 Å². The molecule has 0 fully saturated rings. The van der Waals surface area contributed by atoms with Crippen molar-refractivity contribution in [2.75, 3.05) is 31.8 Å². The molecule has 1 aromatic carbocycles. The molecule has 0 N–H and O–H groups in total. The molecule has 0 bridgehead atoms. The second kappa shape index (κ2) is 8.92. The Morgan fingerprint density at radius 3 is 1.86 bits per heavy atom. The van der Waals surface area contributed by atoms with E-state index in [1.807, 2.05) is 6.92 Å². The summed E-state index contributed by atoms with van der Waals surface area (Å²) in [5.41, 5.74) is 0.717. The number of esters is 2. The van der Waals surface area contributed by atoms with E-state index in [0.29, 0.717) is 12.3 Å². The molecular formula is C16H23NO5. The summed E-state index contributed by atoms with van der Waals surface area (Å²) in [4.78, 5) is 26.0. The molecular weight excluding hydrogens is 286 g/mol. The molecule has 0 saturated heterocycles. The molecule has 0 atom stereocenters. The summed E-state index contributed by atoms with van der Waals surface area (Å²) < 4.78 is 15.1. The average Bonchev–Trinajstić information content (AvgIpc) is 2.53. The minimum Gasteiger partial charge on any atom is -0.497 e. The molecule has 0 unspecified atom stereocenters. The van der Waals surface area contributed by atoms with Gasteiger partial charge in [-0.15, -0.1) is 0 Å². The van der Waals surface area contributed by atoms with Gasteiger partial charge in [-0.1, -0.05) is 0 Å². The summed E-state index contributed by atoms with van der Waals surface area (Å²) in [6.07, 6.45) is 0. The van der Waals surface area contributed by atoms with Crippen molar-refractivity contribution in [3.8, 4) is 5.75 Å². The summed E-state index contributed by atoms with van der Waals surface area (Å²) in [7, 11) is 1.58. The minimum atomic E-state index is -1.11. The highest BCUT2D eigenvalue weighted by molar-refractivity contribution is 6.02. The van der Waals surface area contributed by atoms with Gasteiger partial charge in [0.25, 0.3) is 0 Å². The topological polar surface area (TPSA) is 65.1 Å². The highest BCUT2D eigenvalue weighted by Crippen LogP contribution is 2.22. The van der Waals surface area contributed by atoms with Crippen molar-refractivity contribution in [2.45, 2.75) is 26.8 Å². The summed E-state index contributed by atoms with van der Waals surface area (Å²) in [5.74, 6) is -0.527. The quantitative estimate of drug-likeness (QED) is 0.541. The number of likely N-dealkylation sites (N-methyl/N-ethyl adjacent to an activating group) is 1. The van der Waals surface area contributed by atoms with Gasteiger partial charge in [-0.3, -0.25) is 0 Å². The molecule has 6 heteroatoms. The standard InChI is InChI=1S/C16H23NO5/c1-5-17(12-8-10-13(20-4)11-9-12)14(15(18)21-6-2)16(19)22-7-3/h8-11,14H,5-7H2,1-4H3. The van der Waals surface area contributed by atoms with Crippen molar-refractivity contribution < 1.29 is 23.8 Å². The van der Waals surface area contributed by atoms with Crippen LogP contribution in [0.25, 0.3) is 0 Å².